The van der Waals surface area contributed by atoms with Gasteiger partial charge in [-0.3, -0.25) is 0 Å². The number of hydrogen-bond acceptors (Lipinski definition) is 2. The number of ether oxygens (including phenoxy) is 2. The maximum atomic E-state index is 14.4. The van der Waals surface area contributed by atoms with E-state index in [4.69, 9.17) is 4.74 Å². The highest BCUT2D eigenvalue weighted by atomic mass is 19.3. The Hall–Kier alpha value is -2.93. The van der Waals surface area contributed by atoms with Crippen molar-refractivity contribution in [3.63, 3.8) is 0 Å². The molecule has 0 bridgehead atoms. The van der Waals surface area contributed by atoms with Gasteiger partial charge >= 0.3 is 6.11 Å². The van der Waals surface area contributed by atoms with Crippen molar-refractivity contribution in [2.24, 2.45) is 0 Å². The molecule has 1 fully saturated rings. The molecule has 2 nitrogen and oxygen atoms in total. The molecule has 1 aliphatic rings. The normalized spacial score (nSPS) is 18.9. The summed E-state index contributed by atoms with van der Waals surface area (Å²) in [6.07, 6.45) is -1.57. The lowest BCUT2D eigenvalue weighted by molar-refractivity contribution is -0.185. The lowest BCUT2D eigenvalue weighted by atomic mass is 9.99. The molecule has 3 aromatic rings. The van der Waals surface area contributed by atoms with Gasteiger partial charge in [0.05, 0.1) is 17.8 Å². The Morgan fingerprint density at radius 3 is 1.90 bits per heavy atom. The standard InChI is InChI=1S/C24H19F5O2/c1-14-2-11-22(30-14)17-5-3-15(4-6-17)16-7-9-18(10-8-16)24(28,29)31-19-12-20(25)23(27)21(26)13-19/h3-10,12-14,22H,2,11H2,1H3. The summed E-state index contributed by atoms with van der Waals surface area (Å²) in [7, 11) is 0. The summed E-state index contributed by atoms with van der Waals surface area (Å²) in [6, 6.07) is 13.8. The van der Waals surface area contributed by atoms with Gasteiger partial charge in [-0.25, -0.2) is 13.2 Å². The summed E-state index contributed by atoms with van der Waals surface area (Å²) in [5.74, 6) is -5.78. The van der Waals surface area contributed by atoms with Crippen LogP contribution in [-0.4, -0.2) is 6.10 Å². The first-order valence-corrected chi connectivity index (χ1v) is 9.80. The van der Waals surface area contributed by atoms with Gasteiger partial charge in [0.2, 0.25) is 0 Å². The number of halogens is 5. The van der Waals surface area contributed by atoms with E-state index < -0.39 is 34.9 Å². The zero-order valence-electron chi connectivity index (χ0n) is 16.5. The van der Waals surface area contributed by atoms with Crippen molar-refractivity contribution in [2.45, 2.75) is 38.1 Å². The third-order valence-corrected chi connectivity index (χ3v) is 5.27. The summed E-state index contributed by atoms with van der Waals surface area (Å²) < 4.78 is 78.6. The molecule has 162 valence electrons. The predicted molar refractivity (Wildman–Crippen MR) is 105 cm³/mol. The van der Waals surface area contributed by atoms with Crippen LogP contribution in [0.15, 0.2) is 60.7 Å². The molecule has 0 saturated carbocycles. The fraction of sp³-hybridized carbons (Fsp3) is 0.250. The van der Waals surface area contributed by atoms with E-state index in [2.05, 4.69) is 4.74 Å². The molecule has 0 aromatic heterocycles. The molecule has 31 heavy (non-hydrogen) atoms. The topological polar surface area (TPSA) is 18.5 Å². The summed E-state index contributed by atoms with van der Waals surface area (Å²) in [4.78, 5) is 0. The molecule has 7 heteroatoms. The fourth-order valence-electron chi connectivity index (χ4n) is 3.59. The van der Waals surface area contributed by atoms with Gasteiger partial charge in [0.1, 0.15) is 5.75 Å². The smallest absolute Gasteiger partial charge is 0.426 e. The average molecular weight is 434 g/mol. The van der Waals surface area contributed by atoms with Crippen LogP contribution >= 0.6 is 0 Å². The van der Waals surface area contributed by atoms with Gasteiger partial charge in [-0.1, -0.05) is 36.4 Å². The van der Waals surface area contributed by atoms with Crippen LogP contribution in [-0.2, 0) is 10.8 Å². The molecule has 1 saturated heterocycles. The van der Waals surface area contributed by atoms with Crippen LogP contribution in [0.4, 0.5) is 22.0 Å². The SMILES string of the molecule is CC1CCC(c2ccc(-c3ccc(C(F)(F)Oc4cc(F)c(F)c(F)c4)cc3)cc2)O1. The molecule has 3 aromatic carbocycles. The first kappa shape index (κ1) is 21.3. The first-order valence-electron chi connectivity index (χ1n) is 9.80. The molecular weight excluding hydrogens is 415 g/mol. The Balaban J connectivity index is 1.49. The van der Waals surface area contributed by atoms with Crippen molar-refractivity contribution >= 4 is 0 Å². The molecule has 0 N–H and O–H groups in total. The molecular formula is C24H19F5O2. The van der Waals surface area contributed by atoms with Crippen LogP contribution in [0.2, 0.25) is 0 Å². The fourth-order valence-corrected chi connectivity index (χ4v) is 3.59. The van der Waals surface area contributed by atoms with Gasteiger partial charge < -0.3 is 9.47 Å². The second kappa shape index (κ2) is 8.30. The molecule has 0 spiro atoms. The second-order valence-corrected chi connectivity index (χ2v) is 7.53. The Labute approximate surface area is 176 Å². The zero-order chi connectivity index (χ0) is 22.2. The Morgan fingerprint density at radius 1 is 0.839 bits per heavy atom. The number of rotatable bonds is 5. The van der Waals surface area contributed by atoms with Gasteiger partial charge in [-0.15, -0.1) is 0 Å². The van der Waals surface area contributed by atoms with Gasteiger partial charge in [0, 0.05) is 12.1 Å². The van der Waals surface area contributed by atoms with E-state index in [1.807, 2.05) is 31.2 Å². The van der Waals surface area contributed by atoms with Gasteiger partial charge in [0.25, 0.3) is 0 Å². The van der Waals surface area contributed by atoms with Gasteiger partial charge in [0.15, 0.2) is 17.5 Å². The maximum Gasteiger partial charge on any atom is 0.426 e. The number of alkyl halides is 2. The van der Waals surface area contributed by atoms with Crippen molar-refractivity contribution in [2.75, 3.05) is 0 Å². The van der Waals surface area contributed by atoms with Gasteiger partial charge in [-0.2, -0.15) is 8.78 Å². The number of hydrogen-bond donors (Lipinski definition) is 0. The summed E-state index contributed by atoms with van der Waals surface area (Å²) in [5.41, 5.74) is 2.12. The van der Waals surface area contributed by atoms with Crippen LogP contribution in [0.5, 0.6) is 5.75 Å². The van der Waals surface area contributed by atoms with Crippen LogP contribution in [0, 0.1) is 17.5 Å². The summed E-state index contributed by atoms with van der Waals surface area (Å²) >= 11 is 0. The molecule has 1 aliphatic heterocycles. The van der Waals surface area contributed by atoms with E-state index in [0.29, 0.717) is 17.7 Å². The largest absolute Gasteiger partial charge is 0.429 e. The molecule has 0 amide bonds. The van der Waals surface area contributed by atoms with E-state index >= 15 is 0 Å². The number of benzene rings is 3. The second-order valence-electron chi connectivity index (χ2n) is 7.53. The minimum Gasteiger partial charge on any atom is -0.429 e. The molecule has 2 atom stereocenters. The maximum absolute atomic E-state index is 14.4. The van der Waals surface area contributed by atoms with Crippen molar-refractivity contribution in [3.05, 3.63) is 89.2 Å². The quantitative estimate of drug-likeness (QED) is 0.314. The molecule has 2 unspecified atom stereocenters. The molecule has 0 aliphatic carbocycles. The van der Waals surface area contributed by atoms with Crippen molar-refractivity contribution in [1.82, 2.24) is 0 Å². The van der Waals surface area contributed by atoms with E-state index in [-0.39, 0.29) is 12.2 Å². The first-order chi connectivity index (χ1) is 14.7. The van der Waals surface area contributed by atoms with E-state index in [0.717, 1.165) is 24.0 Å². The van der Waals surface area contributed by atoms with E-state index in [9.17, 15) is 22.0 Å². The van der Waals surface area contributed by atoms with Crippen LogP contribution in [0.25, 0.3) is 11.1 Å². The van der Waals surface area contributed by atoms with E-state index in [1.165, 1.54) is 24.3 Å². The van der Waals surface area contributed by atoms with Crippen molar-refractivity contribution in [1.29, 1.82) is 0 Å². The highest BCUT2D eigenvalue weighted by molar-refractivity contribution is 5.64. The van der Waals surface area contributed by atoms with Crippen LogP contribution < -0.4 is 4.74 Å². The minimum atomic E-state index is -3.87. The zero-order valence-corrected chi connectivity index (χ0v) is 16.5. The third kappa shape index (κ3) is 4.56. The Kier molecular flexibility index (Phi) is 5.71. The summed E-state index contributed by atoms with van der Waals surface area (Å²) in [6.45, 7) is 2.04. The van der Waals surface area contributed by atoms with Crippen molar-refractivity contribution in [3.8, 4) is 16.9 Å². The lowest BCUT2D eigenvalue weighted by Crippen LogP contribution is -2.22. The minimum absolute atomic E-state index is 0.0726. The molecule has 4 rings (SSSR count). The highest BCUT2D eigenvalue weighted by Crippen LogP contribution is 2.35. The van der Waals surface area contributed by atoms with Crippen LogP contribution in [0.1, 0.15) is 37.0 Å². The summed E-state index contributed by atoms with van der Waals surface area (Å²) in [5, 5.41) is 0. The van der Waals surface area contributed by atoms with E-state index in [1.54, 1.807) is 0 Å². The lowest BCUT2D eigenvalue weighted by Gasteiger charge is -2.19. The predicted octanol–water partition coefficient (Wildman–Crippen LogP) is 7.14. The Bertz CT molecular complexity index is 1040. The molecule has 1 heterocycles. The van der Waals surface area contributed by atoms with Crippen molar-refractivity contribution < 1.29 is 31.4 Å². The monoisotopic (exact) mass is 434 g/mol. The highest BCUT2D eigenvalue weighted by Gasteiger charge is 2.35. The Morgan fingerprint density at radius 2 is 1.39 bits per heavy atom. The van der Waals surface area contributed by atoms with Crippen LogP contribution in [0.3, 0.4) is 0 Å². The third-order valence-electron chi connectivity index (χ3n) is 5.27. The van der Waals surface area contributed by atoms with Gasteiger partial charge in [-0.05, 0) is 48.6 Å². The average Bonchev–Trinajstić information content (AvgIpc) is 3.18. The molecule has 0 radical (unpaired) electrons.